The maximum atomic E-state index is 13.4. The van der Waals surface area contributed by atoms with Gasteiger partial charge in [0, 0.05) is 11.3 Å². The van der Waals surface area contributed by atoms with Gasteiger partial charge in [-0.15, -0.1) is 0 Å². The summed E-state index contributed by atoms with van der Waals surface area (Å²) in [4.78, 5) is 24.5. The number of nitrogens with one attached hydrogen (secondary N) is 1. The van der Waals surface area contributed by atoms with Crippen LogP contribution in [0.25, 0.3) is 0 Å². The molecule has 1 amide bonds. The molecule has 0 unspecified atom stereocenters. The van der Waals surface area contributed by atoms with Crippen molar-refractivity contribution in [1.29, 1.82) is 0 Å². The van der Waals surface area contributed by atoms with Crippen LogP contribution in [0, 0.1) is 13.8 Å². The first-order valence-corrected chi connectivity index (χ1v) is 11.2. The molecule has 0 heterocycles. The molecule has 3 rings (SSSR count). The fraction of sp³-hybridized carbons (Fsp3) is 0.167. The Labute approximate surface area is 182 Å². The van der Waals surface area contributed by atoms with Gasteiger partial charge in [-0.2, -0.15) is 0 Å². The molecule has 0 saturated heterocycles. The van der Waals surface area contributed by atoms with Gasteiger partial charge in [-0.1, -0.05) is 48.0 Å². The molecule has 3 aromatic rings. The Bertz CT molecular complexity index is 1220. The molecule has 1 N–H and O–H groups in total. The van der Waals surface area contributed by atoms with Gasteiger partial charge in [0.1, 0.15) is 6.54 Å². The van der Waals surface area contributed by atoms with Gasteiger partial charge in [0.25, 0.3) is 10.0 Å². The number of ketones is 1. The molecule has 0 radical (unpaired) electrons. The van der Waals surface area contributed by atoms with Gasteiger partial charge in [0.15, 0.2) is 5.78 Å². The lowest BCUT2D eigenvalue weighted by Gasteiger charge is -2.25. The molecule has 160 valence electrons. The smallest absolute Gasteiger partial charge is 0.264 e. The fourth-order valence-electron chi connectivity index (χ4n) is 3.13. The molecule has 0 atom stereocenters. The highest BCUT2D eigenvalue weighted by atomic mass is 32.2. The lowest BCUT2D eigenvalue weighted by atomic mass is 10.1. The van der Waals surface area contributed by atoms with Crippen LogP contribution in [0.5, 0.6) is 0 Å². The van der Waals surface area contributed by atoms with Gasteiger partial charge < -0.3 is 5.32 Å². The molecule has 0 aromatic heterocycles. The quantitative estimate of drug-likeness (QED) is 0.559. The first-order valence-electron chi connectivity index (χ1n) is 9.74. The summed E-state index contributed by atoms with van der Waals surface area (Å²) >= 11 is 0. The number of hydrogen-bond donors (Lipinski definition) is 1. The molecular formula is C24H24N2O4S. The van der Waals surface area contributed by atoms with E-state index in [9.17, 15) is 18.0 Å². The third-order valence-corrected chi connectivity index (χ3v) is 6.61. The molecule has 0 bridgehead atoms. The van der Waals surface area contributed by atoms with Crippen molar-refractivity contribution >= 4 is 33.1 Å². The zero-order valence-corrected chi connectivity index (χ0v) is 18.4. The number of anilines is 2. The summed E-state index contributed by atoms with van der Waals surface area (Å²) in [7, 11) is -3.98. The summed E-state index contributed by atoms with van der Waals surface area (Å²) in [5.41, 5.74) is 2.97. The average molecular weight is 437 g/mol. The van der Waals surface area contributed by atoms with Crippen LogP contribution in [0.4, 0.5) is 11.4 Å². The van der Waals surface area contributed by atoms with Gasteiger partial charge in [-0.05, 0) is 56.7 Å². The number of benzene rings is 3. The molecule has 0 spiro atoms. The van der Waals surface area contributed by atoms with Gasteiger partial charge in [-0.25, -0.2) is 8.42 Å². The molecule has 0 aliphatic carbocycles. The molecule has 0 aliphatic heterocycles. The predicted octanol–water partition coefficient (Wildman–Crippen LogP) is 4.34. The number of rotatable bonds is 7. The van der Waals surface area contributed by atoms with Crippen molar-refractivity contribution in [3.63, 3.8) is 0 Å². The number of para-hydroxylation sites is 1. The van der Waals surface area contributed by atoms with Crippen molar-refractivity contribution in [2.45, 2.75) is 25.7 Å². The lowest BCUT2D eigenvalue weighted by molar-refractivity contribution is -0.114. The molecule has 0 aliphatic rings. The van der Waals surface area contributed by atoms with E-state index in [4.69, 9.17) is 0 Å². The van der Waals surface area contributed by atoms with E-state index >= 15 is 0 Å². The van der Waals surface area contributed by atoms with E-state index in [1.54, 1.807) is 61.5 Å². The second-order valence-electron chi connectivity index (χ2n) is 7.30. The Balaban J connectivity index is 1.95. The van der Waals surface area contributed by atoms with Crippen LogP contribution in [-0.4, -0.2) is 26.7 Å². The second kappa shape index (κ2) is 9.14. The van der Waals surface area contributed by atoms with Crippen molar-refractivity contribution < 1.29 is 18.0 Å². The molecule has 3 aromatic carbocycles. The van der Waals surface area contributed by atoms with Gasteiger partial charge in [0.05, 0.1) is 10.6 Å². The first kappa shape index (κ1) is 22.2. The number of carbonyl (C=O) groups excluding carboxylic acids is 2. The Morgan fingerprint density at radius 3 is 2.23 bits per heavy atom. The minimum absolute atomic E-state index is 0.104. The maximum absolute atomic E-state index is 13.4. The third-order valence-electron chi connectivity index (χ3n) is 4.83. The molecule has 0 fully saturated rings. The molecule has 6 nitrogen and oxygen atoms in total. The molecule has 0 saturated carbocycles. The highest BCUT2D eigenvalue weighted by Crippen LogP contribution is 2.27. The zero-order chi connectivity index (χ0) is 22.6. The monoisotopic (exact) mass is 436 g/mol. The van der Waals surface area contributed by atoms with Crippen LogP contribution < -0.4 is 9.62 Å². The van der Waals surface area contributed by atoms with Gasteiger partial charge in [0.2, 0.25) is 5.91 Å². The lowest BCUT2D eigenvalue weighted by Crippen LogP contribution is -2.38. The van der Waals surface area contributed by atoms with Crippen molar-refractivity contribution in [2.24, 2.45) is 0 Å². The van der Waals surface area contributed by atoms with E-state index < -0.39 is 22.5 Å². The normalized spacial score (nSPS) is 11.1. The van der Waals surface area contributed by atoms with E-state index in [2.05, 4.69) is 5.32 Å². The molecule has 31 heavy (non-hydrogen) atoms. The summed E-state index contributed by atoms with van der Waals surface area (Å²) in [6.45, 7) is 4.69. The number of aryl methyl sites for hydroxylation is 2. The number of sulfonamides is 1. The van der Waals surface area contributed by atoms with Crippen molar-refractivity contribution in [3.8, 4) is 0 Å². The van der Waals surface area contributed by atoms with Gasteiger partial charge in [-0.3, -0.25) is 13.9 Å². The van der Waals surface area contributed by atoms with E-state index in [-0.39, 0.29) is 10.7 Å². The van der Waals surface area contributed by atoms with Crippen LogP contribution in [0.2, 0.25) is 0 Å². The first-order chi connectivity index (χ1) is 14.7. The van der Waals surface area contributed by atoms with Crippen molar-refractivity contribution in [2.75, 3.05) is 16.2 Å². The van der Waals surface area contributed by atoms with Crippen LogP contribution in [-0.2, 0) is 14.8 Å². The highest BCUT2D eigenvalue weighted by molar-refractivity contribution is 7.92. The summed E-state index contributed by atoms with van der Waals surface area (Å²) in [6, 6.07) is 20.0. The number of nitrogens with zero attached hydrogens (tertiary/aromatic N) is 1. The largest absolute Gasteiger partial charge is 0.324 e. The van der Waals surface area contributed by atoms with Crippen LogP contribution >= 0.6 is 0 Å². The average Bonchev–Trinajstić information content (AvgIpc) is 2.73. The number of carbonyl (C=O) groups is 2. The zero-order valence-electron chi connectivity index (χ0n) is 17.6. The fourth-order valence-corrected chi connectivity index (χ4v) is 4.61. The minimum Gasteiger partial charge on any atom is -0.324 e. The summed E-state index contributed by atoms with van der Waals surface area (Å²) in [5, 5.41) is 2.69. The summed E-state index contributed by atoms with van der Waals surface area (Å²) in [6.07, 6.45) is 0. The van der Waals surface area contributed by atoms with E-state index in [1.807, 2.05) is 13.0 Å². The summed E-state index contributed by atoms with van der Waals surface area (Å²) in [5.74, 6) is -0.640. The number of amides is 1. The number of Topliss-reactive ketones (excluding diaryl/α,β-unsaturated/α-hetero) is 1. The van der Waals surface area contributed by atoms with E-state index in [0.29, 0.717) is 16.9 Å². The van der Waals surface area contributed by atoms with Crippen LogP contribution in [0.1, 0.15) is 28.4 Å². The minimum atomic E-state index is -3.98. The van der Waals surface area contributed by atoms with E-state index in [0.717, 1.165) is 15.4 Å². The third kappa shape index (κ3) is 5.19. The summed E-state index contributed by atoms with van der Waals surface area (Å²) < 4.78 is 28.0. The topological polar surface area (TPSA) is 83.6 Å². The Hall–Kier alpha value is -3.45. The number of hydrogen-bond acceptors (Lipinski definition) is 4. The van der Waals surface area contributed by atoms with Crippen LogP contribution in [0.3, 0.4) is 0 Å². The van der Waals surface area contributed by atoms with Gasteiger partial charge >= 0.3 is 0 Å². The maximum Gasteiger partial charge on any atom is 0.264 e. The Kier molecular flexibility index (Phi) is 6.56. The Morgan fingerprint density at radius 1 is 0.903 bits per heavy atom. The molecular weight excluding hydrogens is 412 g/mol. The Morgan fingerprint density at radius 2 is 1.58 bits per heavy atom. The van der Waals surface area contributed by atoms with E-state index in [1.165, 1.54) is 19.1 Å². The SMILES string of the molecule is CC(=O)c1cccc(NC(=O)CN(c2ccccc2C)S(=O)(=O)c2ccc(C)cc2)c1. The highest BCUT2D eigenvalue weighted by Gasteiger charge is 2.28. The van der Waals surface area contributed by atoms with Crippen molar-refractivity contribution in [3.05, 3.63) is 89.5 Å². The standard InChI is InChI=1S/C24H24N2O4S/c1-17-11-13-22(14-12-17)31(29,30)26(23-10-5-4-7-18(23)2)16-24(28)25-21-9-6-8-20(15-21)19(3)27/h4-15H,16H2,1-3H3,(H,25,28). The van der Waals surface area contributed by atoms with Crippen LogP contribution in [0.15, 0.2) is 77.7 Å². The molecule has 7 heteroatoms. The predicted molar refractivity (Wildman–Crippen MR) is 122 cm³/mol. The van der Waals surface area contributed by atoms with Crippen molar-refractivity contribution in [1.82, 2.24) is 0 Å². The second-order valence-corrected chi connectivity index (χ2v) is 9.16.